The fourth-order valence-electron chi connectivity index (χ4n) is 3.32. The van der Waals surface area contributed by atoms with Crippen molar-refractivity contribution in [3.8, 4) is 33.8 Å². The van der Waals surface area contributed by atoms with Gasteiger partial charge in [0, 0.05) is 16.7 Å². The third-order valence-electron chi connectivity index (χ3n) is 4.82. The zero-order chi connectivity index (χ0) is 18.9. The van der Waals surface area contributed by atoms with Crippen molar-refractivity contribution in [3.05, 3.63) is 96.6 Å². The van der Waals surface area contributed by atoms with Gasteiger partial charge in [-0.05, 0) is 30.7 Å². The van der Waals surface area contributed by atoms with E-state index in [0.717, 1.165) is 33.5 Å². The summed E-state index contributed by atoms with van der Waals surface area (Å²) < 4.78 is 6.08. The SMILES string of the molecule is Cc1ccc(-c2cc(-c3ccccc3)nc3oc(-c4ccccc4)nc23)cc1. The quantitative estimate of drug-likeness (QED) is 0.366. The summed E-state index contributed by atoms with van der Waals surface area (Å²) >= 11 is 0. The van der Waals surface area contributed by atoms with Gasteiger partial charge in [-0.2, -0.15) is 0 Å². The standard InChI is InChI=1S/C25H18N2O/c1-17-12-14-18(15-13-17)21-16-22(19-8-4-2-5-9-19)26-25-23(21)27-24(28-25)20-10-6-3-7-11-20/h2-16H,1H3. The lowest BCUT2D eigenvalue weighted by molar-refractivity contribution is 0.608. The molecule has 3 aromatic carbocycles. The summed E-state index contributed by atoms with van der Waals surface area (Å²) in [6, 6.07) is 30.6. The maximum absolute atomic E-state index is 6.08. The molecule has 0 aliphatic carbocycles. The van der Waals surface area contributed by atoms with E-state index in [1.165, 1.54) is 5.56 Å². The van der Waals surface area contributed by atoms with Gasteiger partial charge in [-0.3, -0.25) is 0 Å². The lowest BCUT2D eigenvalue weighted by Gasteiger charge is -2.06. The fourth-order valence-corrected chi connectivity index (χ4v) is 3.32. The number of oxazole rings is 1. The third kappa shape index (κ3) is 2.97. The second-order valence-electron chi connectivity index (χ2n) is 6.83. The van der Waals surface area contributed by atoms with E-state index in [9.17, 15) is 0 Å². The van der Waals surface area contributed by atoms with Crippen LogP contribution in [0.25, 0.3) is 45.1 Å². The van der Waals surface area contributed by atoms with Gasteiger partial charge in [0.15, 0.2) is 0 Å². The zero-order valence-electron chi connectivity index (χ0n) is 15.5. The number of pyridine rings is 1. The van der Waals surface area contributed by atoms with Gasteiger partial charge in [-0.15, -0.1) is 0 Å². The van der Waals surface area contributed by atoms with Crippen LogP contribution in [0.15, 0.2) is 95.4 Å². The number of rotatable bonds is 3. The molecule has 3 nitrogen and oxygen atoms in total. The van der Waals surface area contributed by atoms with Crippen molar-refractivity contribution in [2.45, 2.75) is 6.92 Å². The molecule has 0 aliphatic rings. The molecule has 0 unspecified atom stereocenters. The van der Waals surface area contributed by atoms with E-state index in [4.69, 9.17) is 14.4 Å². The smallest absolute Gasteiger partial charge is 0.248 e. The van der Waals surface area contributed by atoms with Crippen molar-refractivity contribution in [1.82, 2.24) is 9.97 Å². The molecule has 0 N–H and O–H groups in total. The van der Waals surface area contributed by atoms with Crippen molar-refractivity contribution in [2.75, 3.05) is 0 Å². The van der Waals surface area contributed by atoms with E-state index in [0.29, 0.717) is 11.6 Å². The molecule has 0 fully saturated rings. The van der Waals surface area contributed by atoms with E-state index in [-0.39, 0.29) is 0 Å². The first-order valence-corrected chi connectivity index (χ1v) is 9.27. The van der Waals surface area contributed by atoms with Crippen molar-refractivity contribution < 1.29 is 4.42 Å². The number of fused-ring (bicyclic) bond motifs is 1. The average Bonchev–Trinajstić information content (AvgIpc) is 3.19. The molecule has 28 heavy (non-hydrogen) atoms. The first kappa shape index (κ1) is 16.5. The molecule has 5 aromatic rings. The highest BCUT2D eigenvalue weighted by atomic mass is 16.4. The maximum atomic E-state index is 6.08. The molecule has 0 atom stereocenters. The molecule has 0 spiro atoms. The van der Waals surface area contributed by atoms with Crippen LogP contribution < -0.4 is 0 Å². The van der Waals surface area contributed by atoms with Gasteiger partial charge in [0.25, 0.3) is 0 Å². The average molecular weight is 362 g/mol. The normalized spacial score (nSPS) is 11.0. The Morgan fingerprint density at radius 1 is 0.643 bits per heavy atom. The number of benzene rings is 3. The Kier molecular flexibility index (Phi) is 3.99. The van der Waals surface area contributed by atoms with Gasteiger partial charge < -0.3 is 4.42 Å². The van der Waals surface area contributed by atoms with Crippen LogP contribution in [0.2, 0.25) is 0 Å². The molecule has 0 amide bonds. The molecule has 0 radical (unpaired) electrons. The van der Waals surface area contributed by atoms with Crippen LogP contribution in [0.5, 0.6) is 0 Å². The van der Waals surface area contributed by atoms with Gasteiger partial charge in [-0.1, -0.05) is 78.4 Å². The summed E-state index contributed by atoms with van der Waals surface area (Å²) in [5.41, 5.74) is 7.55. The number of aryl methyl sites for hydroxylation is 1. The Morgan fingerprint density at radius 2 is 1.29 bits per heavy atom. The molecule has 2 heterocycles. The lowest BCUT2D eigenvalue weighted by Crippen LogP contribution is -1.88. The molecule has 3 heteroatoms. The van der Waals surface area contributed by atoms with Crippen LogP contribution in [0.4, 0.5) is 0 Å². The number of aromatic nitrogens is 2. The maximum Gasteiger partial charge on any atom is 0.248 e. The first-order valence-electron chi connectivity index (χ1n) is 9.27. The third-order valence-corrected chi connectivity index (χ3v) is 4.82. The second-order valence-corrected chi connectivity index (χ2v) is 6.83. The molecule has 0 aliphatic heterocycles. The summed E-state index contributed by atoms with van der Waals surface area (Å²) in [6.45, 7) is 2.09. The van der Waals surface area contributed by atoms with E-state index < -0.39 is 0 Å². The van der Waals surface area contributed by atoms with E-state index in [1.54, 1.807) is 0 Å². The fraction of sp³-hybridized carbons (Fsp3) is 0.0400. The predicted molar refractivity (Wildman–Crippen MR) is 113 cm³/mol. The highest BCUT2D eigenvalue weighted by Gasteiger charge is 2.16. The number of nitrogens with zero attached hydrogens (tertiary/aromatic N) is 2. The predicted octanol–water partition coefficient (Wildman–Crippen LogP) is 6.53. The van der Waals surface area contributed by atoms with Gasteiger partial charge >= 0.3 is 0 Å². The van der Waals surface area contributed by atoms with Crippen molar-refractivity contribution >= 4 is 11.2 Å². The highest BCUT2D eigenvalue weighted by molar-refractivity contribution is 5.92. The Labute approximate surface area is 163 Å². The minimum Gasteiger partial charge on any atom is -0.418 e. The molecule has 134 valence electrons. The molecule has 2 aromatic heterocycles. The van der Waals surface area contributed by atoms with Crippen molar-refractivity contribution in [3.63, 3.8) is 0 Å². The Morgan fingerprint density at radius 3 is 1.96 bits per heavy atom. The van der Waals surface area contributed by atoms with Crippen molar-refractivity contribution in [1.29, 1.82) is 0 Å². The van der Waals surface area contributed by atoms with Crippen LogP contribution in [0.1, 0.15) is 5.56 Å². The molecule has 0 bridgehead atoms. The van der Waals surface area contributed by atoms with Crippen molar-refractivity contribution in [2.24, 2.45) is 0 Å². The zero-order valence-corrected chi connectivity index (χ0v) is 15.5. The van der Waals surface area contributed by atoms with Crippen LogP contribution in [-0.4, -0.2) is 9.97 Å². The van der Waals surface area contributed by atoms with Gasteiger partial charge in [-0.25, -0.2) is 9.97 Å². The summed E-state index contributed by atoms with van der Waals surface area (Å²) in [4.78, 5) is 9.55. The van der Waals surface area contributed by atoms with Gasteiger partial charge in [0.2, 0.25) is 11.6 Å². The van der Waals surface area contributed by atoms with Crippen LogP contribution in [0.3, 0.4) is 0 Å². The molecule has 0 saturated carbocycles. The summed E-state index contributed by atoms with van der Waals surface area (Å²) in [5.74, 6) is 0.585. The molecular weight excluding hydrogens is 344 g/mol. The van der Waals surface area contributed by atoms with Gasteiger partial charge in [0.05, 0.1) is 5.69 Å². The van der Waals surface area contributed by atoms with E-state index in [1.807, 2.05) is 48.5 Å². The second kappa shape index (κ2) is 6.78. The molecular formula is C25H18N2O. The van der Waals surface area contributed by atoms with Gasteiger partial charge in [0.1, 0.15) is 5.52 Å². The van der Waals surface area contributed by atoms with E-state index >= 15 is 0 Å². The first-order chi connectivity index (χ1) is 13.8. The van der Waals surface area contributed by atoms with Crippen LogP contribution in [-0.2, 0) is 0 Å². The van der Waals surface area contributed by atoms with Crippen LogP contribution >= 0.6 is 0 Å². The minimum absolute atomic E-state index is 0.552. The summed E-state index contributed by atoms with van der Waals surface area (Å²) in [6.07, 6.45) is 0. The highest BCUT2D eigenvalue weighted by Crippen LogP contribution is 2.34. The summed E-state index contributed by atoms with van der Waals surface area (Å²) in [7, 11) is 0. The Bertz CT molecular complexity index is 1240. The Balaban J connectivity index is 1.77. The minimum atomic E-state index is 0.552. The largest absolute Gasteiger partial charge is 0.418 e. The summed E-state index contributed by atoms with van der Waals surface area (Å²) in [5, 5.41) is 0. The number of hydrogen-bond acceptors (Lipinski definition) is 3. The van der Waals surface area contributed by atoms with E-state index in [2.05, 4.69) is 49.4 Å². The van der Waals surface area contributed by atoms with Crippen LogP contribution in [0, 0.1) is 6.92 Å². The number of hydrogen-bond donors (Lipinski definition) is 0. The monoisotopic (exact) mass is 362 g/mol. The topological polar surface area (TPSA) is 38.9 Å². The lowest BCUT2D eigenvalue weighted by atomic mass is 10.0. The Hall–Kier alpha value is -3.72. The molecule has 0 saturated heterocycles. The molecule has 5 rings (SSSR count).